The lowest BCUT2D eigenvalue weighted by Crippen LogP contribution is -2.29. The van der Waals surface area contributed by atoms with Crippen molar-refractivity contribution in [3.63, 3.8) is 0 Å². The van der Waals surface area contributed by atoms with E-state index in [-0.39, 0.29) is 17.1 Å². The molecule has 0 N–H and O–H groups in total. The number of hydrogen-bond acceptors (Lipinski definition) is 3. The highest BCUT2D eigenvalue weighted by Gasteiger charge is 2.42. The van der Waals surface area contributed by atoms with Gasteiger partial charge in [-0.1, -0.05) is 73.8 Å². The maximum absolute atomic E-state index is 13.6. The first kappa shape index (κ1) is 20.2. The Bertz CT molecular complexity index is 1390. The second-order valence-corrected chi connectivity index (χ2v) is 9.52. The number of fused-ring (bicyclic) bond motifs is 2. The third-order valence-electron chi connectivity index (χ3n) is 5.57. The van der Waals surface area contributed by atoms with Crippen molar-refractivity contribution in [2.75, 3.05) is 0 Å². The van der Waals surface area contributed by atoms with E-state index in [0.29, 0.717) is 23.1 Å². The van der Waals surface area contributed by atoms with Crippen LogP contribution in [0.15, 0.2) is 84.9 Å². The van der Waals surface area contributed by atoms with Crippen molar-refractivity contribution in [3.8, 4) is 0 Å². The van der Waals surface area contributed by atoms with Gasteiger partial charge in [0.1, 0.15) is 5.58 Å². The zero-order valence-electron chi connectivity index (χ0n) is 16.6. The molecule has 4 aromatic rings. The Morgan fingerprint density at radius 3 is 2.42 bits per heavy atom. The molecular formula is C25H17Br2NO3. The van der Waals surface area contributed by atoms with Gasteiger partial charge in [-0.2, -0.15) is 0 Å². The summed E-state index contributed by atoms with van der Waals surface area (Å²) in [6.07, 6.45) is 0. The van der Waals surface area contributed by atoms with Crippen molar-refractivity contribution in [3.05, 3.63) is 114 Å². The predicted octanol–water partition coefficient (Wildman–Crippen LogP) is 6.37. The van der Waals surface area contributed by atoms with Gasteiger partial charge in [-0.3, -0.25) is 9.59 Å². The summed E-state index contributed by atoms with van der Waals surface area (Å²) < 4.78 is 7.67. The number of carbonyl (C=O) groups excluding carboxylic acids is 1. The minimum Gasteiger partial charge on any atom is -0.450 e. The van der Waals surface area contributed by atoms with Crippen LogP contribution in [0.4, 0.5) is 0 Å². The number of rotatable bonds is 3. The van der Waals surface area contributed by atoms with Gasteiger partial charge in [-0.25, -0.2) is 0 Å². The Balaban J connectivity index is 1.73. The summed E-state index contributed by atoms with van der Waals surface area (Å²) in [5, 5.41) is 0.457. The summed E-state index contributed by atoms with van der Waals surface area (Å²) in [4.78, 5) is 28.7. The summed E-state index contributed by atoms with van der Waals surface area (Å²) in [5.74, 6) is -0.153. The van der Waals surface area contributed by atoms with Crippen LogP contribution in [0, 0.1) is 6.92 Å². The van der Waals surface area contributed by atoms with Crippen molar-refractivity contribution in [2.45, 2.75) is 19.5 Å². The van der Waals surface area contributed by atoms with Crippen molar-refractivity contribution in [1.82, 2.24) is 4.90 Å². The van der Waals surface area contributed by atoms with E-state index in [0.717, 1.165) is 25.6 Å². The molecule has 3 aromatic carbocycles. The van der Waals surface area contributed by atoms with Crippen LogP contribution >= 0.6 is 31.9 Å². The molecule has 0 saturated heterocycles. The summed E-state index contributed by atoms with van der Waals surface area (Å²) >= 11 is 6.94. The normalized spacial score (nSPS) is 15.5. The van der Waals surface area contributed by atoms with Gasteiger partial charge in [0.2, 0.25) is 5.76 Å². The third kappa shape index (κ3) is 3.54. The molecule has 0 spiro atoms. The molecule has 1 aliphatic rings. The fraction of sp³-hybridized carbons (Fsp3) is 0.120. The Hall–Kier alpha value is -2.70. The summed E-state index contributed by atoms with van der Waals surface area (Å²) in [5.41, 5.74) is 3.62. The van der Waals surface area contributed by atoms with E-state index in [1.807, 2.05) is 55.5 Å². The fourth-order valence-corrected chi connectivity index (χ4v) is 4.85. The average molecular weight is 539 g/mol. The SMILES string of the molecule is Cc1ccc(CN2C(=O)c3oc4ccc(Br)cc4c(=O)c3C2c2cccc(Br)c2)cc1. The molecule has 0 bridgehead atoms. The smallest absolute Gasteiger partial charge is 0.291 e. The molecule has 31 heavy (non-hydrogen) atoms. The van der Waals surface area contributed by atoms with Crippen LogP contribution in [0.3, 0.4) is 0 Å². The van der Waals surface area contributed by atoms with Gasteiger partial charge in [0, 0.05) is 15.5 Å². The van der Waals surface area contributed by atoms with Gasteiger partial charge in [0.25, 0.3) is 5.91 Å². The van der Waals surface area contributed by atoms with E-state index < -0.39 is 6.04 Å². The van der Waals surface area contributed by atoms with E-state index in [1.165, 1.54) is 0 Å². The molecule has 0 fully saturated rings. The first-order valence-electron chi connectivity index (χ1n) is 9.80. The Morgan fingerprint density at radius 1 is 0.935 bits per heavy atom. The average Bonchev–Trinajstić information content (AvgIpc) is 3.02. The van der Waals surface area contributed by atoms with Crippen LogP contribution < -0.4 is 5.43 Å². The lowest BCUT2D eigenvalue weighted by atomic mass is 9.98. The molecule has 0 radical (unpaired) electrons. The zero-order chi connectivity index (χ0) is 21.7. The van der Waals surface area contributed by atoms with E-state index >= 15 is 0 Å². The fourth-order valence-electron chi connectivity index (χ4n) is 4.07. The van der Waals surface area contributed by atoms with Crippen LogP contribution in [-0.2, 0) is 6.54 Å². The second kappa shape index (κ2) is 7.77. The Kier molecular flexibility index (Phi) is 5.07. The second-order valence-electron chi connectivity index (χ2n) is 7.69. The maximum atomic E-state index is 13.6. The minimum absolute atomic E-state index is 0.122. The number of carbonyl (C=O) groups is 1. The van der Waals surface area contributed by atoms with E-state index in [2.05, 4.69) is 31.9 Å². The highest BCUT2D eigenvalue weighted by molar-refractivity contribution is 9.10. The first-order valence-corrected chi connectivity index (χ1v) is 11.4. The van der Waals surface area contributed by atoms with Crippen LogP contribution in [-0.4, -0.2) is 10.8 Å². The molecular weight excluding hydrogens is 522 g/mol. The van der Waals surface area contributed by atoms with Gasteiger partial charge in [0.15, 0.2) is 5.43 Å². The number of benzene rings is 3. The van der Waals surface area contributed by atoms with E-state index in [4.69, 9.17) is 4.42 Å². The minimum atomic E-state index is -0.527. The van der Waals surface area contributed by atoms with Crippen LogP contribution in [0.5, 0.6) is 0 Å². The van der Waals surface area contributed by atoms with Gasteiger partial charge in [-0.15, -0.1) is 0 Å². The maximum Gasteiger partial charge on any atom is 0.291 e. The van der Waals surface area contributed by atoms with Crippen LogP contribution in [0.1, 0.15) is 38.9 Å². The number of aryl methyl sites for hydroxylation is 1. The molecule has 1 aliphatic heterocycles. The number of nitrogens with zero attached hydrogens (tertiary/aromatic N) is 1. The van der Waals surface area contributed by atoms with E-state index in [1.54, 1.807) is 23.1 Å². The third-order valence-corrected chi connectivity index (χ3v) is 6.55. The number of amides is 1. The first-order chi connectivity index (χ1) is 14.9. The highest BCUT2D eigenvalue weighted by atomic mass is 79.9. The van der Waals surface area contributed by atoms with Gasteiger partial charge >= 0.3 is 0 Å². The van der Waals surface area contributed by atoms with Crippen molar-refractivity contribution in [1.29, 1.82) is 0 Å². The molecule has 4 nitrogen and oxygen atoms in total. The van der Waals surface area contributed by atoms with Gasteiger partial charge in [-0.05, 0) is 48.4 Å². The van der Waals surface area contributed by atoms with Gasteiger partial charge < -0.3 is 9.32 Å². The lowest BCUT2D eigenvalue weighted by molar-refractivity contribution is 0.0714. The predicted molar refractivity (Wildman–Crippen MR) is 127 cm³/mol. The molecule has 0 saturated carbocycles. The van der Waals surface area contributed by atoms with Crippen molar-refractivity contribution < 1.29 is 9.21 Å². The summed E-state index contributed by atoms with van der Waals surface area (Å²) in [6, 6.07) is 20.5. The Labute approximate surface area is 195 Å². The quantitative estimate of drug-likeness (QED) is 0.304. The molecule has 1 unspecified atom stereocenters. The topological polar surface area (TPSA) is 50.5 Å². The molecule has 1 atom stereocenters. The lowest BCUT2D eigenvalue weighted by Gasteiger charge is -2.25. The molecule has 0 aliphatic carbocycles. The molecule has 1 aromatic heterocycles. The van der Waals surface area contributed by atoms with Crippen molar-refractivity contribution in [2.24, 2.45) is 0 Å². The zero-order valence-corrected chi connectivity index (χ0v) is 19.7. The van der Waals surface area contributed by atoms with Crippen LogP contribution in [0.2, 0.25) is 0 Å². The summed E-state index contributed by atoms with van der Waals surface area (Å²) in [7, 11) is 0. The number of hydrogen-bond donors (Lipinski definition) is 0. The van der Waals surface area contributed by atoms with Crippen LogP contribution in [0.25, 0.3) is 11.0 Å². The standard InChI is InChI=1S/C25H17Br2NO3/c1-14-5-7-15(8-6-14)13-28-22(16-3-2-4-17(26)11-16)21-23(29)19-12-18(27)9-10-20(19)31-24(21)25(28)30/h2-12,22H,13H2,1H3. The molecule has 1 amide bonds. The highest BCUT2D eigenvalue weighted by Crippen LogP contribution is 2.40. The van der Waals surface area contributed by atoms with Gasteiger partial charge in [0.05, 0.1) is 17.0 Å². The van der Waals surface area contributed by atoms with Crippen molar-refractivity contribution >= 4 is 48.7 Å². The molecule has 5 rings (SSSR count). The molecule has 6 heteroatoms. The molecule has 154 valence electrons. The molecule has 2 heterocycles. The Morgan fingerprint density at radius 2 is 1.68 bits per heavy atom. The largest absolute Gasteiger partial charge is 0.450 e. The summed E-state index contributed by atoms with van der Waals surface area (Å²) in [6.45, 7) is 2.40. The number of halogens is 2. The monoisotopic (exact) mass is 537 g/mol. The van der Waals surface area contributed by atoms with E-state index in [9.17, 15) is 9.59 Å².